The molecule has 0 aliphatic carbocycles. The maximum atomic E-state index is 12.8. The van der Waals surface area contributed by atoms with Crippen molar-refractivity contribution in [1.29, 1.82) is 0 Å². The van der Waals surface area contributed by atoms with Crippen molar-refractivity contribution in [3.63, 3.8) is 0 Å². The molecule has 2 atom stereocenters. The smallest absolute Gasteiger partial charge is 0.225 e. The average molecular weight is 470 g/mol. The van der Waals surface area contributed by atoms with Crippen LogP contribution in [0.5, 0.6) is 0 Å². The zero-order valence-electron chi connectivity index (χ0n) is 19.2. The first-order valence-corrected chi connectivity index (χ1v) is 13.1. The molecule has 2 heterocycles. The Morgan fingerprint density at radius 2 is 1.85 bits per heavy atom. The molecule has 2 aromatic rings. The lowest BCUT2D eigenvalue weighted by Crippen LogP contribution is -2.39. The molecule has 0 aromatic heterocycles. The Balaban J connectivity index is 1.39. The maximum absolute atomic E-state index is 12.8. The van der Waals surface area contributed by atoms with Crippen LogP contribution in [-0.4, -0.2) is 68.2 Å². The van der Waals surface area contributed by atoms with E-state index >= 15 is 0 Å². The molecule has 0 spiro atoms. The number of likely N-dealkylation sites (tertiary alicyclic amines) is 1. The summed E-state index contributed by atoms with van der Waals surface area (Å²) in [6.07, 6.45) is 0.598. The normalized spacial score (nSPS) is 22.2. The van der Waals surface area contributed by atoms with Gasteiger partial charge in [0.05, 0.1) is 17.4 Å². The molecule has 2 unspecified atom stereocenters. The highest BCUT2D eigenvalue weighted by atomic mass is 32.2. The molecule has 8 heteroatoms. The molecule has 2 saturated heterocycles. The molecule has 4 rings (SSSR count). The molecule has 2 fully saturated rings. The Hall–Kier alpha value is -2.71. The summed E-state index contributed by atoms with van der Waals surface area (Å²) in [5, 5.41) is 2.99. The molecule has 0 radical (unpaired) electrons. The fourth-order valence-electron chi connectivity index (χ4n) is 4.72. The van der Waals surface area contributed by atoms with Crippen LogP contribution in [0.3, 0.4) is 0 Å². The third-order valence-corrected chi connectivity index (χ3v) is 8.16. The van der Waals surface area contributed by atoms with Crippen LogP contribution in [0.15, 0.2) is 48.5 Å². The number of nitrogens with zero attached hydrogens (tertiary/aromatic N) is 2. The summed E-state index contributed by atoms with van der Waals surface area (Å²) < 4.78 is 23.5. The Kier molecular flexibility index (Phi) is 6.86. The Morgan fingerprint density at radius 3 is 2.52 bits per heavy atom. The number of rotatable bonds is 7. The number of carbonyl (C=O) groups is 2. The van der Waals surface area contributed by atoms with Crippen molar-refractivity contribution in [2.75, 3.05) is 32.1 Å². The summed E-state index contributed by atoms with van der Waals surface area (Å²) in [4.78, 5) is 29.0. The summed E-state index contributed by atoms with van der Waals surface area (Å²) in [7, 11) is 1.00. The largest absolute Gasteiger partial charge is 0.352 e. The molecule has 33 heavy (non-hydrogen) atoms. The van der Waals surface area contributed by atoms with Crippen molar-refractivity contribution < 1.29 is 18.0 Å². The highest BCUT2D eigenvalue weighted by Crippen LogP contribution is 2.27. The van der Waals surface area contributed by atoms with Crippen molar-refractivity contribution in [3.8, 4) is 11.1 Å². The van der Waals surface area contributed by atoms with Crippen LogP contribution in [0.25, 0.3) is 11.1 Å². The zero-order chi connectivity index (χ0) is 23.6. The third kappa shape index (κ3) is 5.62. The molecule has 7 nitrogen and oxygen atoms in total. The molecule has 2 aliphatic rings. The number of nitrogens with one attached hydrogen (secondary N) is 1. The quantitative estimate of drug-likeness (QED) is 0.671. The van der Waals surface area contributed by atoms with E-state index in [2.05, 4.69) is 34.5 Å². The van der Waals surface area contributed by atoms with Gasteiger partial charge in [-0.3, -0.25) is 9.59 Å². The van der Waals surface area contributed by atoms with Crippen LogP contribution in [0.1, 0.15) is 24.0 Å². The lowest BCUT2D eigenvalue weighted by molar-refractivity contribution is -0.130. The van der Waals surface area contributed by atoms with Gasteiger partial charge >= 0.3 is 0 Å². The first-order valence-electron chi connectivity index (χ1n) is 11.3. The summed E-state index contributed by atoms with van der Waals surface area (Å²) in [6, 6.07) is 16.1. The fourth-order valence-corrected chi connectivity index (χ4v) is 6.45. The van der Waals surface area contributed by atoms with Crippen molar-refractivity contribution in [3.05, 3.63) is 59.7 Å². The van der Waals surface area contributed by atoms with Crippen molar-refractivity contribution in [2.24, 2.45) is 5.92 Å². The van der Waals surface area contributed by atoms with Crippen LogP contribution in [0.4, 0.5) is 0 Å². The predicted octanol–water partition coefficient (Wildman–Crippen LogP) is 2.07. The molecular weight excluding hydrogens is 438 g/mol. The van der Waals surface area contributed by atoms with Crippen molar-refractivity contribution in [1.82, 2.24) is 15.1 Å². The van der Waals surface area contributed by atoms with Gasteiger partial charge in [-0.05, 0) is 42.8 Å². The van der Waals surface area contributed by atoms with Crippen LogP contribution >= 0.6 is 0 Å². The molecule has 2 aromatic carbocycles. The monoisotopic (exact) mass is 469 g/mol. The van der Waals surface area contributed by atoms with E-state index in [4.69, 9.17) is 0 Å². The van der Waals surface area contributed by atoms with Gasteiger partial charge in [-0.15, -0.1) is 0 Å². The Morgan fingerprint density at radius 1 is 1.12 bits per heavy atom. The molecule has 2 amide bonds. The summed E-state index contributed by atoms with van der Waals surface area (Å²) >= 11 is 0. The first-order chi connectivity index (χ1) is 15.7. The van der Waals surface area contributed by atoms with Gasteiger partial charge < -0.3 is 15.1 Å². The second-order valence-corrected chi connectivity index (χ2v) is 11.5. The van der Waals surface area contributed by atoms with E-state index in [-0.39, 0.29) is 35.8 Å². The fraction of sp³-hybridized carbons (Fsp3) is 0.440. The van der Waals surface area contributed by atoms with Crippen molar-refractivity contribution >= 4 is 21.7 Å². The van der Waals surface area contributed by atoms with E-state index in [9.17, 15) is 18.0 Å². The van der Waals surface area contributed by atoms with E-state index in [1.807, 2.05) is 38.4 Å². The molecule has 176 valence electrons. The minimum Gasteiger partial charge on any atom is -0.352 e. The number of amides is 2. The Labute approximate surface area is 195 Å². The summed E-state index contributed by atoms with van der Waals surface area (Å²) in [5.74, 6) is -0.615. The van der Waals surface area contributed by atoms with Gasteiger partial charge in [0.25, 0.3) is 0 Å². The van der Waals surface area contributed by atoms with E-state index in [0.717, 1.165) is 23.2 Å². The van der Waals surface area contributed by atoms with Crippen LogP contribution in [0.2, 0.25) is 0 Å². The lowest BCUT2D eigenvalue weighted by Gasteiger charge is -2.23. The number of hydrogen-bond donors (Lipinski definition) is 1. The van der Waals surface area contributed by atoms with Gasteiger partial charge in [-0.2, -0.15) is 0 Å². The second-order valence-electron chi connectivity index (χ2n) is 9.31. The average Bonchev–Trinajstić information content (AvgIpc) is 3.34. The highest BCUT2D eigenvalue weighted by molar-refractivity contribution is 7.91. The molecule has 0 saturated carbocycles. The van der Waals surface area contributed by atoms with Crippen LogP contribution < -0.4 is 5.32 Å². The number of sulfone groups is 1. The molecule has 0 bridgehead atoms. The topological polar surface area (TPSA) is 86.8 Å². The van der Waals surface area contributed by atoms with Gasteiger partial charge in [-0.1, -0.05) is 48.5 Å². The standard InChI is InChI=1S/C25H31N3O4S/c1-27(2)15-18-7-9-19(10-8-18)23-6-4-3-5-20(23)14-26-25(30)21-13-24(29)28(16-21)22-11-12-33(31,32)17-22/h3-10,21-22H,11-17H2,1-2H3,(H,26,30). The number of hydrogen-bond acceptors (Lipinski definition) is 5. The maximum Gasteiger partial charge on any atom is 0.225 e. The second kappa shape index (κ2) is 9.65. The molecule has 1 N–H and O–H groups in total. The molecular formula is C25H31N3O4S. The van der Waals surface area contributed by atoms with Gasteiger partial charge in [0.1, 0.15) is 0 Å². The van der Waals surface area contributed by atoms with Gasteiger partial charge in [-0.25, -0.2) is 8.42 Å². The summed E-state index contributed by atoms with van der Waals surface area (Å²) in [6.45, 7) is 1.54. The minimum absolute atomic E-state index is 0.00773. The Bertz CT molecular complexity index is 1130. The van der Waals surface area contributed by atoms with Crippen LogP contribution in [0, 0.1) is 5.92 Å². The highest BCUT2D eigenvalue weighted by Gasteiger charge is 2.41. The van der Waals surface area contributed by atoms with Crippen LogP contribution in [-0.2, 0) is 32.5 Å². The summed E-state index contributed by atoms with van der Waals surface area (Å²) in [5.41, 5.74) is 4.40. The van der Waals surface area contributed by atoms with Crippen molar-refractivity contribution in [2.45, 2.75) is 32.0 Å². The van der Waals surface area contributed by atoms with Gasteiger partial charge in [0.2, 0.25) is 11.8 Å². The van der Waals surface area contributed by atoms with E-state index in [1.165, 1.54) is 5.56 Å². The molecule has 2 aliphatic heterocycles. The SMILES string of the molecule is CN(C)Cc1ccc(-c2ccccc2CNC(=O)C2CC(=O)N(C3CCS(=O)(=O)C3)C2)cc1. The van der Waals surface area contributed by atoms with Gasteiger partial charge in [0.15, 0.2) is 9.84 Å². The predicted molar refractivity (Wildman–Crippen MR) is 128 cm³/mol. The number of benzene rings is 2. The van der Waals surface area contributed by atoms with E-state index < -0.39 is 15.8 Å². The first kappa shape index (κ1) is 23.4. The third-order valence-electron chi connectivity index (χ3n) is 6.41. The zero-order valence-corrected chi connectivity index (χ0v) is 20.0. The minimum atomic E-state index is -3.08. The number of carbonyl (C=O) groups excluding carboxylic acids is 2. The van der Waals surface area contributed by atoms with E-state index in [0.29, 0.717) is 19.5 Å². The lowest BCUT2D eigenvalue weighted by atomic mass is 9.98. The van der Waals surface area contributed by atoms with Gasteiger partial charge in [0, 0.05) is 32.1 Å². The van der Waals surface area contributed by atoms with E-state index in [1.54, 1.807) is 4.90 Å².